The monoisotopic (exact) mass is 281 g/mol. The van der Waals surface area contributed by atoms with E-state index < -0.39 is 0 Å². The van der Waals surface area contributed by atoms with Gasteiger partial charge < -0.3 is 15.1 Å². The van der Waals surface area contributed by atoms with E-state index >= 15 is 0 Å². The second-order valence-corrected chi connectivity index (χ2v) is 6.98. The second kappa shape index (κ2) is 8.35. The fourth-order valence-corrected chi connectivity index (χ4v) is 4.07. The van der Waals surface area contributed by atoms with Gasteiger partial charge in [-0.05, 0) is 50.6 Å². The molecule has 0 aromatic heterocycles. The Balaban J connectivity index is 1.78. The van der Waals surface area contributed by atoms with E-state index in [-0.39, 0.29) is 0 Å². The topological polar surface area (TPSA) is 18.5 Å². The largest absolute Gasteiger partial charge is 0.314 e. The van der Waals surface area contributed by atoms with Crippen LogP contribution in [0.5, 0.6) is 0 Å². The summed E-state index contributed by atoms with van der Waals surface area (Å²) in [7, 11) is 0. The molecule has 2 aliphatic rings. The first-order chi connectivity index (χ1) is 9.72. The van der Waals surface area contributed by atoms with Gasteiger partial charge in [0.1, 0.15) is 0 Å². The van der Waals surface area contributed by atoms with Crippen molar-refractivity contribution in [1.82, 2.24) is 15.1 Å². The standard InChI is InChI=1S/C17H35N3/c1-4-8-19-9-11-20(12-10-19)14-16-13-15(3)6-7-17(16)18-5-2/h15-18H,4-14H2,1-3H3. The summed E-state index contributed by atoms with van der Waals surface area (Å²) in [6.45, 7) is 15.8. The molecule has 20 heavy (non-hydrogen) atoms. The predicted molar refractivity (Wildman–Crippen MR) is 87.1 cm³/mol. The van der Waals surface area contributed by atoms with Crippen molar-refractivity contribution in [2.75, 3.05) is 45.8 Å². The van der Waals surface area contributed by atoms with Crippen LogP contribution in [0.4, 0.5) is 0 Å². The molecule has 1 saturated carbocycles. The SMILES string of the molecule is CCCN1CCN(CC2CC(C)CCC2NCC)CC1. The van der Waals surface area contributed by atoms with Gasteiger partial charge in [0.2, 0.25) is 0 Å². The van der Waals surface area contributed by atoms with E-state index in [4.69, 9.17) is 0 Å². The number of nitrogens with one attached hydrogen (secondary N) is 1. The fourth-order valence-electron chi connectivity index (χ4n) is 4.07. The minimum Gasteiger partial charge on any atom is -0.314 e. The third-order valence-corrected chi connectivity index (χ3v) is 5.21. The molecule has 118 valence electrons. The number of hydrogen-bond donors (Lipinski definition) is 1. The zero-order chi connectivity index (χ0) is 14.4. The van der Waals surface area contributed by atoms with Crippen LogP contribution in [0.25, 0.3) is 0 Å². The molecule has 1 N–H and O–H groups in total. The van der Waals surface area contributed by atoms with Crippen molar-refractivity contribution in [1.29, 1.82) is 0 Å². The van der Waals surface area contributed by atoms with Crippen LogP contribution >= 0.6 is 0 Å². The Hall–Kier alpha value is -0.120. The molecule has 1 saturated heterocycles. The fraction of sp³-hybridized carbons (Fsp3) is 1.00. The zero-order valence-corrected chi connectivity index (χ0v) is 13.9. The molecule has 3 heteroatoms. The molecule has 3 unspecified atom stereocenters. The lowest BCUT2D eigenvalue weighted by molar-refractivity contribution is 0.0912. The zero-order valence-electron chi connectivity index (χ0n) is 13.9. The summed E-state index contributed by atoms with van der Waals surface area (Å²) < 4.78 is 0. The van der Waals surface area contributed by atoms with Crippen molar-refractivity contribution in [2.45, 2.75) is 52.5 Å². The van der Waals surface area contributed by atoms with E-state index in [1.165, 1.54) is 65.0 Å². The van der Waals surface area contributed by atoms with Crippen LogP contribution in [0.15, 0.2) is 0 Å². The minimum absolute atomic E-state index is 0.768. The Kier molecular flexibility index (Phi) is 6.79. The average Bonchev–Trinajstić information content (AvgIpc) is 2.44. The van der Waals surface area contributed by atoms with E-state index in [1.54, 1.807) is 0 Å². The molecule has 3 atom stereocenters. The summed E-state index contributed by atoms with van der Waals surface area (Å²) in [6.07, 6.45) is 5.52. The second-order valence-electron chi connectivity index (χ2n) is 6.98. The van der Waals surface area contributed by atoms with Crippen LogP contribution in [0.2, 0.25) is 0 Å². The molecule has 0 amide bonds. The van der Waals surface area contributed by atoms with Gasteiger partial charge in [-0.15, -0.1) is 0 Å². The lowest BCUT2D eigenvalue weighted by Gasteiger charge is -2.41. The van der Waals surface area contributed by atoms with Crippen molar-refractivity contribution < 1.29 is 0 Å². The third kappa shape index (κ3) is 4.71. The lowest BCUT2D eigenvalue weighted by atomic mass is 9.78. The molecular weight excluding hydrogens is 246 g/mol. The van der Waals surface area contributed by atoms with Gasteiger partial charge in [0.15, 0.2) is 0 Å². The number of rotatable bonds is 6. The quantitative estimate of drug-likeness (QED) is 0.807. The Labute approximate surface area is 126 Å². The molecule has 0 aromatic rings. The van der Waals surface area contributed by atoms with Crippen LogP contribution in [0, 0.1) is 11.8 Å². The van der Waals surface area contributed by atoms with Gasteiger partial charge in [0, 0.05) is 38.8 Å². The van der Waals surface area contributed by atoms with Crippen molar-refractivity contribution in [3.8, 4) is 0 Å². The highest BCUT2D eigenvalue weighted by atomic mass is 15.3. The predicted octanol–water partition coefficient (Wildman–Crippen LogP) is 2.43. The molecule has 1 aliphatic carbocycles. The van der Waals surface area contributed by atoms with Crippen molar-refractivity contribution in [3.05, 3.63) is 0 Å². The van der Waals surface area contributed by atoms with Gasteiger partial charge in [0.25, 0.3) is 0 Å². The third-order valence-electron chi connectivity index (χ3n) is 5.21. The highest BCUT2D eigenvalue weighted by molar-refractivity contribution is 4.86. The number of hydrogen-bond acceptors (Lipinski definition) is 3. The van der Waals surface area contributed by atoms with Crippen LogP contribution in [-0.4, -0.2) is 61.7 Å². The smallest absolute Gasteiger partial charge is 0.0110 e. The first-order valence-corrected chi connectivity index (χ1v) is 8.91. The van der Waals surface area contributed by atoms with Gasteiger partial charge in [-0.1, -0.05) is 20.8 Å². The minimum atomic E-state index is 0.768. The van der Waals surface area contributed by atoms with Gasteiger partial charge in [-0.3, -0.25) is 0 Å². The first-order valence-electron chi connectivity index (χ1n) is 8.91. The van der Waals surface area contributed by atoms with E-state index in [9.17, 15) is 0 Å². The van der Waals surface area contributed by atoms with Crippen LogP contribution in [0.3, 0.4) is 0 Å². The Morgan fingerprint density at radius 2 is 1.70 bits per heavy atom. The van der Waals surface area contributed by atoms with Gasteiger partial charge in [-0.25, -0.2) is 0 Å². The van der Waals surface area contributed by atoms with Crippen molar-refractivity contribution in [3.63, 3.8) is 0 Å². The Morgan fingerprint density at radius 3 is 2.35 bits per heavy atom. The first kappa shape index (κ1) is 16.3. The number of nitrogens with zero attached hydrogens (tertiary/aromatic N) is 2. The molecule has 0 radical (unpaired) electrons. The highest BCUT2D eigenvalue weighted by Crippen LogP contribution is 2.30. The van der Waals surface area contributed by atoms with E-state index in [2.05, 4.69) is 35.9 Å². The maximum absolute atomic E-state index is 3.74. The average molecular weight is 281 g/mol. The summed E-state index contributed by atoms with van der Waals surface area (Å²) in [6, 6.07) is 0.768. The molecule has 2 fully saturated rings. The summed E-state index contributed by atoms with van der Waals surface area (Å²) in [5, 5.41) is 3.74. The van der Waals surface area contributed by atoms with Gasteiger partial charge >= 0.3 is 0 Å². The summed E-state index contributed by atoms with van der Waals surface area (Å²) in [5.41, 5.74) is 0. The van der Waals surface area contributed by atoms with Crippen molar-refractivity contribution in [2.24, 2.45) is 11.8 Å². The maximum atomic E-state index is 3.74. The van der Waals surface area contributed by atoms with E-state index in [0.29, 0.717) is 0 Å². The molecule has 0 bridgehead atoms. The molecule has 0 aromatic carbocycles. The number of piperazine rings is 1. The maximum Gasteiger partial charge on any atom is 0.0110 e. The molecule has 0 spiro atoms. The van der Waals surface area contributed by atoms with Crippen LogP contribution in [-0.2, 0) is 0 Å². The summed E-state index contributed by atoms with van der Waals surface area (Å²) in [4.78, 5) is 5.35. The van der Waals surface area contributed by atoms with Crippen LogP contribution in [0.1, 0.15) is 46.5 Å². The van der Waals surface area contributed by atoms with Gasteiger partial charge in [0.05, 0.1) is 0 Å². The molecule has 3 nitrogen and oxygen atoms in total. The highest BCUT2D eigenvalue weighted by Gasteiger charge is 2.30. The van der Waals surface area contributed by atoms with E-state index in [1.807, 2.05) is 0 Å². The van der Waals surface area contributed by atoms with Gasteiger partial charge in [-0.2, -0.15) is 0 Å². The lowest BCUT2D eigenvalue weighted by Crippen LogP contribution is -2.51. The normalized spacial score (nSPS) is 33.5. The molecule has 2 rings (SSSR count). The van der Waals surface area contributed by atoms with Crippen LogP contribution < -0.4 is 5.32 Å². The van der Waals surface area contributed by atoms with Crippen molar-refractivity contribution >= 4 is 0 Å². The van der Waals surface area contributed by atoms with E-state index in [0.717, 1.165) is 24.4 Å². The Morgan fingerprint density at radius 1 is 1.00 bits per heavy atom. The molecule has 1 heterocycles. The molecular formula is C17H35N3. The summed E-state index contributed by atoms with van der Waals surface area (Å²) in [5.74, 6) is 1.80. The molecule has 1 aliphatic heterocycles. The Bertz CT molecular complexity index is 261. The summed E-state index contributed by atoms with van der Waals surface area (Å²) >= 11 is 0.